The van der Waals surface area contributed by atoms with Crippen molar-refractivity contribution in [2.24, 2.45) is 0 Å². The van der Waals surface area contributed by atoms with Crippen LogP contribution in [-0.2, 0) is 76.2 Å². The summed E-state index contributed by atoms with van der Waals surface area (Å²) in [6, 6.07) is 6.63. The molecule has 0 aliphatic carbocycles. The number of nitrogens with zero attached hydrogens (tertiary/aromatic N) is 6. The maximum atomic E-state index is 12.9. The molecule has 40 nitrogen and oxygen atoms in total. The van der Waals surface area contributed by atoms with Gasteiger partial charge in [0.2, 0.25) is 0 Å². The Labute approximate surface area is 631 Å². The quantitative estimate of drug-likeness (QED) is 0.0195. The molecular formula is C64H93GaN14O26S2. The number of thiocarbonyl (C=S) groups is 2. The minimum Gasteiger partial charge on any atom is -0.480 e. The van der Waals surface area contributed by atoms with Crippen molar-refractivity contribution in [3.05, 3.63) is 59.7 Å². The number of anilines is 2. The molecule has 0 saturated carbocycles. The van der Waals surface area contributed by atoms with E-state index in [1.54, 1.807) is 26.8 Å². The second-order valence-corrected chi connectivity index (χ2v) is 29.1. The van der Waals surface area contributed by atoms with Crippen molar-refractivity contribution in [2.45, 2.75) is 120 Å². The van der Waals surface area contributed by atoms with Crippen LogP contribution >= 0.6 is 24.4 Å². The number of nitrogens with one attached hydrogen (secondary N) is 8. The van der Waals surface area contributed by atoms with Crippen LogP contribution in [0.1, 0.15) is 75.3 Å². The van der Waals surface area contributed by atoms with Crippen molar-refractivity contribution in [1.82, 2.24) is 61.3 Å². The Kier molecular flexibility index (Phi) is 38.2. The van der Waals surface area contributed by atoms with Crippen LogP contribution in [0.2, 0.25) is 0 Å². The molecular weight excluding hydrogens is 1510 g/mol. The zero-order valence-electron chi connectivity index (χ0n) is 58.5. The molecule has 5 fully saturated rings. The molecule has 0 radical (unpaired) electrons. The van der Waals surface area contributed by atoms with Crippen molar-refractivity contribution >= 4 is 141 Å². The fourth-order valence-corrected chi connectivity index (χ4v) is 14.5. The van der Waals surface area contributed by atoms with Gasteiger partial charge in [-0.1, -0.05) is 12.1 Å². The topological polar surface area (TPSA) is 568 Å². The van der Waals surface area contributed by atoms with Crippen LogP contribution in [0.3, 0.4) is 0 Å². The zero-order chi connectivity index (χ0) is 78.7. The average Bonchev–Trinajstić information content (AvgIpc) is 0.988. The zero-order valence-corrected chi connectivity index (χ0v) is 62.5. The number of rotatable bonds is 36. The van der Waals surface area contributed by atoms with E-state index in [4.69, 9.17) is 45.2 Å². The smallest absolute Gasteiger partial charge is 0.326 e. The van der Waals surface area contributed by atoms with Crippen LogP contribution in [0.5, 0.6) is 0 Å². The number of amides is 4. The predicted octanol–water partition coefficient (Wildman–Crippen LogP) is -2.22. The van der Waals surface area contributed by atoms with E-state index in [1.807, 2.05) is 41.3 Å². The van der Waals surface area contributed by atoms with Gasteiger partial charge >= 0.3 is 252 Å². The summed E-state index contributed by atoms with van der Waals surface area (Å²) < 4.78 is 16.4. The van der Waals surface area contributed by atoms with E-state index in [0.717, 1.165) is 16.8 Å². The number of urea groups is 2. The molecule has 2 aromatic carbocycles. The Morgan fingerprint density at radius 2 is 0.869 bits per heavy atom. The minimum absolute atomic E-state index is 0.00494. The first-order valence-corrected chi connectivity index (χ1v) is 38.1. The van der Waals surface area contributed by atoms with E-state index < -0.39 is 138 Å². The summed E-state index contributed by atoms with van der Waals surface area (Å²) in [5.74, 6) is -12.3. The summed E-state index contributed by atoms with van der Waals surface area (Å²) in [6.07, 6.45) is -0.205. The fraction of sp³-hybridized carbons (Fsp3) is 0.578. The number of carboxylic acids is 9. The molecule has 5 aliphatic heterocycles. The van der Waals surface area contributed by atoms with Crippen LogP contribution < -0.4 is 42.5 Å². The van der Waals surface area contributed by atoms with Crippen LogP contribution in [0, 0.1) is 0 Å². The number of carbonyl (C=O) groups is 13. The van der Waals surface area contributed by atoms with E-state index in [1.165, 1.54) is 0 Å². The van der Waals surface area contributed by atoms with E-state index in [9.17, 15) is 103 Å². The van der Waals surface area contributed by atoms with Crippen LogP contribution in [0.25, 0.3) is 0 Å². The van der Waals surface area contributed by atoms with Gasteiger partial charge in [-0.05, 0) is 99.9 Å². The first kappa shape index (κ1) is 88.5. The Hall–Kier alpha value is -9.15. The maximum absolute atomic E-state index is 12.9. The van der Waals surface area contributed by atoms with Gasteiger partial charge in [0.15, 0.2) is 5.11 Å². The number of hydrogen-bond acceptors (Lipinski definition) is 25. The van der Waals surface area contributed by atoms with E-state index in [-0.39, 0.29) is 95.2 Å². The third kappa shape index (κ3) is 35.4. The van der Waals surface area contributed by atoms with Gasteiger partial charge < -0.3 is 83.2 Å². The van der Waals surface area contributed by atoms with Gasteiger partial charge in [0, 0.05) is 70.4 Å². The molecule has 10 unspecified atom stereocenters. The molecule has 2 aromatic rings. The predicted molar refractivity (Wildman–Crippen MR) is 384 cm³/mol. The summed E-state index contributed by atoms with van der Waals surface area (Å²) in [5, 5.41) is 115. The van der Waals surface area contributed by atoms with Gasteiger partial charge in [0.1, 0.15) is 24.2 Å². The maximum Gasteiger partial charge on any atom is 0.326 e. The molecule has 0 aromatic heterocycles. The first-order valence-electron chi connectivity index (χ1n) is 34.3. The summed E-state index contributed by atoms with van der Waals surface area (Å²) >= 11 is 6.94. The largest absolute Gasteiger partial charge is 0.480 e. The Morgan fingerprint density at radius 3 is 1.33 bits per heavy atom. The number of fused-ring (bicyclic) bond motifs is 9. The first-order chi connectivity index (χ1) is 50.7. The van der Waals surface area contributed by atoms with Crippen molar-refractivity contribution in [3.8, 4) is 0 Å². The molecule has 5 saturated heterocycles. The molecule has 590 valence electrons. The van der Waals surface area contributed by atoms with Crippen LogP contribution in [-0.4, -0.2) is 346 Å². The standard InChI is InChI=1S/C32H48N7O13S.C32H47N7O13S.Ga/c2*40-25(41)9-8-24(30(50)51)36-31(52)35-23(29(48)49)3-1-2-10-33-32(53)34-21-6-4-20(5-7-21)15-22-16-38(18-27(44)45)12-11-37(17-26(42)43)13-14-39(22)19-28(46)47;/h4-7,22-24,26,42H,1-3,8-19H2,(H,40,41)(H,44,45)(H,46,47)(H,48,49)(H,50,51)(H2,33,34,53)(H2,35,36,52);4-7,22-24H,1-3,8-19H2,(H,40,41)(H,42,43)(H,44,45)(H,46,47)(H,48,49)(H,50,51)(H2,33,34,53)(H2,35,36,52);/q-1;;+3/p-2/i;;1-2. The molecule has 4 amide bonds. The number of hydrogen-bond donors (Lipinski definition) is 18. The molecule has 7 rings (SSSR count). The third-order valence-corrected chi connectivity index (χ3v) is 20.7. The molecule has 0 spiro atoms. The average molecular weight is 1610 g/mol. The van der Waals surface area contributed by atoms with Gasteiger partial charge in [-0.25, -0.2) is 28.8 Å². The number of aliphatic carboxylic acids is 9. The number of benzene rings is 2. The van der Waals surface area contributed by atoms with Gasteiger partial charge in [-0.15, -0.1) is 0 Å². The van der Waals surface area contributed by atoms with Crippen molar-refractivity contribution in [1.29, 1.82) is 0 Å². The third-order valence-electron chi connectivity index (χ3n) is 17.2. The molecule has 10 atom stereocenters. The van der Waals surface area contributed by atoms with Crippen LogP contribution in [0.4, 0.5) is 21.0 Å². The van der Waals surface area contributed by atoms with Gasteiger partial charge in [0.05, 0.1) is 19.6 Å². The van der Waals surface area contributed by atoms with Crippen molar-refractivity contribution in [3.63, 3.8) is 0 Å². The summed E-state index contributed by atoms with van der Waals surface area (Å²) in [7, 11) is 0. The number of aliphatic hydroxyl groups excluding tert-OH is 1. The van der Waals surface area contributed by atoms with E-state index in [2.05, 4.69) is 52.3 Å². The van der Waals surface area contributed by atoms with E-state index in [0.29, 0.717) is 115 Å². The number of aliphatic hydroxyl groups is 1. The number of carboxylic acid groups (broad SMARTS) is 9. The van der Waals surface area contributed by atoms with Crippen molar-refractivity contribution < 1.29 is 124 Å². The second kappa shape index (κ2) is 46.1. The normalized spacial score (nSPS) is 20.5. The van der Waals surface area contributed by atoms with Gasteiger partial charge in [-0.3, -0.25) is 38.7 Å². The summed E-state index contributed by atoms with van der Waals surface area (Å²) in [5.41, 5.74) is 3.20. The second-order valence-electron chi connectivity index (χ2n) is 25.6. The summed E-state index contributed by atoms with van der Waals surface area (Å²) in [6.45, 7) is 4.33. The molecule has 18 N–H and O–H groups in total. The Bertz CT molecular complexity index is 3390. The van der Waals surface area contributed by atoms with Crippen LogP contribution in [0.15, 0.2) is 48.5 Å². The fourth-order valence-electron chi connectivity index (χ4n) is 11.8. The molecule has 5 heterocycles. The van der Waals surface area contributed by atoms with Gasteiger partial charge in [0.25, 0.3) is 0 Å². The van der Waals surface area contributed by atoms with E-state index >= 15 is 0 Å². The SMILES string of the molecule is O=C(O)CCC(NC(=O)NC(CCCCNC(=S)Nc1ccc(CC2CN(CC(=O)O)CCN(CC(=O)O)CCN2CC(=O)O)cc1)C(=O)O)C(=O)O.O=C(O)CCC(NC(=O)NC(CCCCNC(=S)Nc1ccc(CC2CN3CCN4CCN2CC(=O)[O][68Ga]([O]C(=O)C3)[O]C(O)C4)cc1)C(=O)O)C(=O)O. The minimum atomic E-state index is -3.82. The van der Waals surface area contributed by atoms with Crippen molar-refractivity contribution in [2.75, 3.05) is 128 Å². The Balaban J connectivity index is 0.000000384. The number of unbranched alkanes of at least 4 members (excludes halogenated alkanes) is 2. The molecule has 5 aliphatic rings. The monoisotopic (exact) mass is 1610 g/mol. The Morgan fingerprint density at radius 1 is 0.458 bits per heavy atom. The van der Waals surface area contributed by atoms with Gasteiger partial charge in [-0.2, -0.15) is 0 Å². The summed E-state index contributed by atoms with van der Waals surface area (Å²) in [4.78, 5) is 163. The molecule has 43 heteroatoms. The molecule has 107 heavy (non-hydrogen) atoms. The molecule has 4 bridgehead atoms. The number of carbonyl (C=O) groups excluding carboxylic acids is 4.